The van der Waals surface area contributed by atoms with Crippen LogP contribution in [0.5, 0.6) is 5.75 Å². The Balaban J connectivity index is 1.72. The van der Waals surface area contributed by atoms with Gasteiger partial charge >= 0.3 is 0 Å². The van der Waals surface area contributed by atoms with Gasteiger partial charge in [-0.25, -0.2) is 0 Å². The Hall–Kier alpha value is -1.52. The molecule has 0 aliphatic heterocycles. The number of nitrogens with one attached hydrogen (secondary N) is 1. The molecule has 0 spiro atoms. The maximum absolute atomic E-state index is 5.90. The van der Waals surface area contributed by atoms with Crippen LogP contribution in [0.15, 0.2) is 47.6 Å². The van der Waals surface area contributed by atoms with Gasteiger partial charge in [0.05, 0.1) is 11.7 Å². The molecule has 1 heterocycles. The van der Waals surface area contributed by atoms with Crippen LogP contribution in [0.25, 0.3) is 11.1 Å². The monoisotopic (exact) mass is 300 g/mol. The van der Waals surface area contributed by atoms with Gasteiger partial charge in [0, 0.05) is 16.7 Å². The number of thioether (sulfide) groups is 1. The molecule has 4 heteroatoms. The van der Waals surface area contributed by atoms with E-state index in [1.54, 1.807) is 18.0 Å². The highest BCUT2D eigenvalue weighted by atomic mass is 32.2. The van der Waals surface area contributed by atoms with Crippen molar-refractivity contribution in [2.75, 3.05) is 19.9 Å². The van der Waals surface area contributed by atoms with Crippen molar-refractivity contribution in [2.24, 2.45) is 0 Å². The second kappa shape index (κ2) is 6.08. The number of nitrogens with zero attached hydrogens (tertiary/aromatic N) is 1. The summed E-state index contributed by atoms with van der Waals surface area (Å²) in [5, 5.41) is 3.33. The SMILES string of the molecule is CNC1(COc2cncc(-c3ccc(SC)cc3)c2)CC1. The summed E-state index contributed by atoms with van der Waals surface area (Å²) < 4.78 is 5.90. The molecule has 2 aromatic rings. The molecule has 1 N–H and O–H groups in total. The second-order valence-electron chi connectivity index (χ2n) is 5.46. The number of benzene rings is 1. The van der Waals surface area contributed by atoms with Gasteiger partial charge < -0.3 is 10.1 Å². The normalized spacial score (nSPS) is 15.7. The fraction of sp³-hybridized carbons (Fsp3) is 0.353. The van der Waals surface area contributed by atoms with Crippen molar-refractivity contribution in [1.29, 1.82) is 0 Å². The van der Waals surface area contributed by atoms with Gasteiger partial charge in [-0.3, -0.25) is 4.98 Å². The maximum Gasteiger partial charge on any atom is 0.138 e. The molecule has 0 atom stereocenters. The lowest BCUT2D eigenvalue weighted by molar-refractivity contribution is 0.259. The molecule has 0 amide bonds. The van der Waals surface area contributed by atoms with E-state index in [-0.39, 0.29) is 5.54 Å². The molecule has 0 saturated heterocycles. The zero-order valence-corrected chi connectivity index (χ0v) is 13.2. The highest BCUT2D eigenvalue weighted by Crippen LogP contribution is 2.35. The van der Waals surface area contributed by atoms with Crippen molar-refractivity contribution in [2.45, 2.75) is 23.3 Å². The number of hydrogen-bond acceptors (Lipinski definition) is 4. The van der Waals surface area contributed by atoms with Crippen LogP contribution in [0.3, 0.4) is 0 Å². The molecule has 1 aromatic heterocycles. The van der Waals surface area contributed by atoms with Gasteiger partial charge in [0.25, 0.3) is 0 Å². The van der Waals surface area contributed by atoms with Crippen molar-refractivity contribution in [3.8, 4) is 16.9 Å². The van der Waals surface area contributed by atoms with Crippen molar-refractivity contribution in [3.05, 3.63) is 42.7 Å². The van der Waals surface area contributed by atoms with Gasteiger partial charge in [0.1, 0.15) is 12.4 Å². The van der Waals surface area contributed by atoms with Gasteiger partial charge in [0.2, 0.25) is 0 Å². The Labute approximate surface area is 130 Å². The van der Waals surface area contributed by atoms with Crippen LogP contribution in [-0.2, 0) is 0 Å². The lowest BCUT2D eigenvalue weighted by Gasteiger charge is -2.15. The average molecular weight is 300 g/mol. The first-order chi connectivity index (χ1) is 10.2. The summed E-state index contributed by atoms with van der Waals surface area (Å²) in [5.74, 6) is 0.836. The van der Waals surface area contributed by atoms with E-state index < -0.39 is 0 Å². The van der Waals surface area contributed by atoms with E-state index in [4.69, 9.17) is 4.74 Å². The molecule has 1 saturated carbocycles. The Morgan fingerprint density at radius 1 is 1.19 bits per heavy atom. The minimum atomic E-state index is 0.190. The predicted molar refractivity (Wildman–Crippen MR) is 88.0 cm³/mol. The van der Waals surface area contributed by atoms with Crippen molar-refractivity contribution in [3.63, 3.8) is 0 Å². The summed E-state index contributed by atoms with van der Waals surface area (Å²) in [7, 11) is 2.00. The molecule has 3 nitrogen and oxygen atoms in total. The van der Waals surface area contributed by atoms with E-state index >= 15 is 0 Å². The van der Waals surface area contributed by atoms with Gasteiger partial charge in [0.15, 0.2) is 0 Å². The Morgan fingerprint density at radius 2 is 1.95 bits per heavy atom. The number of likely N-dealkylation sites (N-methyl/N-ethyl adjacent to an activating group) is 1. The molecule has 1 aliphatic carbocycles. The number of aromatic nitrogens is 1. The molecule has 1 fully saturated rings. The average Bonchev–Trinajstić information content (AvgIpc) is 3.34. The van der Waals surface area contributed by atoms with Gasteiger partial charge in [-0.15, -0.1) is 11.8 Å². The summed E-state index contributed by atoms with van der Waals surface area (Å²) in [6, 6.07) is 10.6. The Kier molecular flexibility index (Phi) is 4.17. The van der Waals surface area contributed by atoms with Crippen LogP contribution >= 0.6 is 11.8 Å². The van der Waals surface area contributed by atoms with Crippen LogP contribution in [0.2, 0.25) is 0 Å². The summed E-state index contributed by atoms with van der Waals surface area (Å²) in [6.45, 7) is 0.708. The number of hydrogen-bond donors (Lipinski definition) is 1. The van der Waals surface area contributed by atoms with Crippen LogP contribution in [-0.4, -0.2) is 30.4 Å². The number of rotatable bonds is 6. The van der Waals surface area contributed by atoms with Gasteiger partial charge in [-0.2, -0.15) is 0 Å². The summed E-state index contributed by atoms with van der Waals surface area (Å²) >= 11 is 1.75. The fourth-order valence-corrected chi connectivity index (χ4v) is 2.69. The van der Waals surface area contributed by atoms with Crippen LogP contribution in [0.4, 0.5) is 0 Å². The zero-order chi connectivity index (χ0) is 14.7. The van der Waals surface area contributed by atoms with Gasteiger partial charge in [-0.1, -0.05) is 12.1 Å². The number of ether oxygens (including phenoxy) is 1. The lowest BCUT2D eigenvalue weighted by atomic mass is 10.1. The molecule has 110 valence electrons. The lowest BCUT2D eigenvalue weighted by Crippen LogP contribution is -2.33. The first-order valence-corrected chi connectivity index (χ1v) is 8.38. The zero-order valence-electron chi connectivity index (χ0n) is 12.4. The smallest absolute Gasteiger partial charge is 0.138 e. The minimum Gasteiger partial charge on any atom is -0.490 e. The van der Waals surface area contributed by atoms with E-state index in [9.17, 15) is 0 Å². The molecule has 3 rings (SSSR count). The first-order valence-electron chi connectivity index (χ1n) is 7.16. The highest BCUT2D eigenvalue weighted by molar-refractivity contribution is 7.98. The first kappa shape index (κ1) is 14.4. The third-order valence-corrected chi connectivity index (χ3v) is 4.78. The maximum atomic E-state index is 5.90. The summed E-state index contributed by atoms with van der Waals surface area (Å²) in [6.07, 6.45) is 8.12. The molecule has 0 unspecified atom stereocenters. The van der Waals surface area contributed by atoms with E-state index in [0.717, 1.165) is 11.3 Å². The van der Waals surface area contributed by atoms with E-state index in [1.165, 1.54) is 23.3 Å². The van der Waals surface area contributed by atoms with Crippen molar-refractivity contribution < 1.29 is 4.74 Å². The third-order valence-electron chi connectivity index (χ3n) is 4.04. The van der Waals surface area contributed by atoms with Crippen LogP contribution < -0.4 is 10.1 Å². The quantitative estimate of drug-likeness (QED) is 0.827. The standard InChI is InChI=1S/C17H20N2OS/c1-18-17(7-8-17)12-20-15-9-14(10-19-11-15)13-3-5-16(21-2)6-4-13/h3-6,9-11,18H,7-8,12H2,1-2H3. The molecule has 1 aromatic carbocycles. The minimum absolute atomic E-state index is 0.190. The Bertz CT molecular complexity index is 608. The highest BCUT2D eigenvalue weighted by Gasteiger charge is 2.41. The van der Waals surface area contributed by atoms with Crippen molar-refractivity contribution in [1.82, 2.24) is 10.3 Å². The second-order valence-corrected chi connectivity index (χ2v) is 6.34. The predicted octanol–water partition coefficient (Wildman–Crippen LogP) is 3.60. The summed E-state index contributed by atoms with van der Waals surface area (Å²) in [4.78, 5) is 5.57. The molecular formula is C17H20N2OS. The topological polar surface area (TPSA) is 34.1 Å². The van der Waals surface area contributed by atoms with E-state index in [2.05, 4.69) is 46.9 Å². The van der Waals surface area contributed by atoms with Crippen LogP contribution in [0, 0.1) is 0 Å². The molecule has 0 radical (unpaired) electrons. The third kappa shape index (κ3) is 3.39. The van der Waals surface area contributed by atoms with E-state index in [1.807, 2.05) is 13.2 Å². The molecule has 21 heavy (non-hydrogen) atoms. The van der Waals surface area contributed by atoms with Crippen LogP contribution in [0.1, 0.15) is 12.8 Å². The molecule has 0 bridgehead atoms. The van der Waals surface area contributed by atoms with Gasteiger partial charge in [-0.05, 0) is 49.9 Å². The van der Waals surface area contributed by atoms with Crippen molar-refractivity contribution >= 4 is 11.8 Å². The molecular weight excluding hydrogens is 280 g/mol. The largest absolute Gasteiger partial charge is 0.490 e. The Morgan fingerprint density at radius 3 is 2.57 bits per heavy atom. The summed E-state index contributed by atoms with van der Waals surface area (Å²) in [5.41, 5.74) is 2.45. The molecule has 1 aliphatic rings. The van der Waals surface area contributed by atoms with E-state index in [0.29, 0.717) is 6.61 Å². The fourth-order valence-electron chi connectivity index (χ4n) is 2.28. The number of pyridine rings is 1.